The molecule has 11 heteroatoms. The van der Waals surface area contributed by atoms with Gasteiger partial charge in [0.2, 0.25) is 0 Å². The highest BCUT2D eigenvalue weighted by molar-refractivity contribution is 6.04. The van der Waals surface area contributed by atoms with Gasteiger partial charge in [-0.1, -0.05) is 0 Å². The van der Waals surface area contributed by atoms with Crippen LogP contribution in [0, 0.1) is 0 Å². The van der Waals surface area contributed by atoms with Gasteiger partial charge in [-0.2, -0.15) is 4.68 Å². The molecule has 1 aromatic carbocycles. The van der Waals surface area contributed by atoms with Gasteiger partial charge in [0.25, 0.3) is 5.91 Å². The number of benzene rings is 1. The first-order chi connectivity index (χ1) is 14.3. The first kappa shape index (κ1) is 19.7. The summed E-state index contributed by atoms with van der Waals surface area (Å²) >= 11 is 0. The Balaban J connectivity index is 1.50. The lowest BCUT2D eigenvalue weighted by molar-refractivity contribution is 0.102. The molecule has 2 aromatic rings. The fraction of sp³-hybridized carbons (Fsp3) is 0.368. The molecule has 3 N–H and O–H groups in total. The van der Waals surface area contributed by atoms with Crippen molar-refractivity contribution in [1.82, 2.24) is 19.6 Å². The predicted octanol–water partition coefficient (Wildman–Crippen LogP) is 1.41. The SMILES string of the molecule is CN1CCN(c2ccc(C(=O)Nc3nn(C(=O)O)c4c3CN(C(=O)O)C4)cc2)CC1. The van der Waals surface area contributed by atoms with Crippen LogP contribution in [-0.2, 0) is 13.1 Å². The molecule has 0 radical (unpaired) electrons. The fourth-order valence-electron chi connectivity index (χ4n) is 3.70. The Labute approximate surface area is 172 Å². The number of fused-ring (bicyclic) bond motifs is 1. The van der Waals surface area contributed by atoms with Crippen LogP contribution in [0.4, 0.5) is 21.1 Å². The van der Waals surface area contributed by atoms with Crippen LogP contribution < -0.4 is 10.2 Å². The first-order valence-corrected chi connectivity index (χ1v) is 9.50. The topological polar surface area (TPSA) is 131 Å². The number of carbonyl (C=O) groups is 3. The van der Waals surface area contributed by atoms with Crippen LogP contribution in [0.25, 0.3) is 0 Å². The molecule has 0 unspecified atom stereocenters. The maximum absolute atomic E-state index is 12.7. The van der Waals surface area contributed by atoms with E-state index in [1.807, 2.05) is 12.1 Å². The maximum atomic E-state index is 12.7. The van der Waals surface area contributed by atoms with Crippen LogP contribution in [0.3, 0.4) is 0 Å². The zero-order chi connectivity index (χ0) is 21.4. The minimum Gasteiger partial charge on any atom is -0.465 e. The van der Waals surface area contributed by atoms with Gasteiger partial charge in [-0.25, -0.2) is 9.59 Å². The highest BCUT2D eigenvalue weighted by Crippen LogP contribution is 2.29. The third kappa shape index (κ3) is 3.66. The van der Waals surface area contributed by atoms with Crippen molar-refractivity contribution in [2.24, 2.45) is 0 Å². The third-order valence-electron chi connectivity index (χ3n) is 5.46. The maximum Gasteiger partial charge on any atom is 0.432 e. The second-order valence-electron chi connectivity index (χ2n) is 7.40. The van der Waals surface area contributed by atoms with Crippen molar-refractivity contribution in [3.05, 3.63) is 41.1 Å². The number of anilines is 2. The second kappa shape index (κ2) is 7.67. The Kier molecular flexibility index (Phi) is 5.04. The normalized spacial score (nSPS) is 16.4. The molecular weight excluding hydrogens is 392 g/mol. The Hall–Kier alpha value is -3.60. The van der Waals surface area contributed by atoms with E-state index in [1.54, 1.807) is 12.1 Å². The number of piperazine rings is 1. The van der Waals surface area contributed by atoms with E-state index in [0.29, 0.717) is 15.8 Å². The lowest BCUT2D eigenvalue weighted by Gasteiger charge is -2.34. The Bertz CT molecular complexity index is 994. The molecule has 1 fully saturated rings. The number of hydrogen-bond acceptors (Lipinski definition) is 6. The van der Waals surface area contributed by atoms with E-state index in [9.17, 15) is 24.6 Å². The van der Waals surface area contributed by atoms with Crippen LogP contribution >= 0.6 is 0 Å². The minimum absolute atomic E-state index is 0.0318. The average Bonchev–Trinajstić information content (AvgIpc) is 3.29. The van der Waals surface area contributed by atoms with Gasteiger partial charge in [-0.05, 0) is 31.3 Å². The van der Waals surface area contributed by atoms with E-state index < -0.39 is 18.1 Å². The standard InChI is InChI=1S/C19H22N6O5/c1-22-6-8-23(9-7-22)13-4-2-12(3-5-13)17(26)20-16-14-10-24(18(27)28)11-15(14)25(21-16)19(29)30/h2-5H,6-11H2,1H3,(H,27,28)(H,29,30)(H,20,21,26). The Morgan fingerprint density at radius 2 is 1.63 bits per heavy atom. The van der Waals surface area contributed by atoms with Crippen molar-refractivity contribution in [1.29, 1.82) is 0 Å². The molecule has 4 rings (SSSR count). The number of aromatic nitrogens is 2. The highest BCUT2D eigenvalue weighted by atomic mass is 16.4. The molecule has 3 heterocycles. The Morgan fingerprint density at radius 3 is 2.23 bits per heavy atom. The highest BCUT2D eigenvalue weighted by Gasteiger charge is 2.33. The van der Waals surface area contributed by atoms with E-state index in [4.69, 9.17) is 0 Å². The van der Waals surface area contributed by atoms with Gasteiger partial charge >= 0.3 is 12.2 Å². The quantitative estimate of drug-likeness (QED) is 0.687. The second-order valence-corrected chi connectivity index (χ2v) is 7.40. The van der Waals surface area contributed by atoms with E-state index in [-0.39, 0.29) is 24.6 Å². The summed E-state index contributed by atoms with van der Waals surface area (Å²) in [6.45, 7) is 3.66. The first-order valence-electron chi connectivity index (χ1n) is 9.50. The monoisotopic (exact) mass is 414 g/mol. The summed E-state index contributed by atoms with van der Waals surface area (Å²) in [4.78, 5) is 40.9. The predicted molar refractivity (Wildman–Crippen MR) is 107 cm³/mol. The number of nitrogens with zero attached hydrogens (tertiary/aromatic N) is 5. The van der Waals surface area contributed by atoms with E-state index in [1.165, 1.54) is 0 Å². The smallest absolute Gasteiger partial charge is 0.432 e. The van der Waals surface area contributed by atoms with Gasteiger partial charge in [0, 0.05) is 43.0 Å². The van der Waals surface area contributed by atoms with Gasteiger partial charge in [0.05, 0.1) is 18.8 Å². The third-order valence-corrected chi connectivity index (χ3v) is 5.46. The zero-order valence-corrected chi connectivity index (χ0v) is 16.4. The zero-order valence-electron chi connectivity index (χ0n) is 16.4. The number of carbonyl (C=O) groups excluding carboxylic acids is 1. The van der Waals surface area contributed by atoms with Gasteiger partial charge in [0.1, 0.15) is 0 Å². The molecule has 0 bridgehead atoms. The summed E-state index contributed by atoms with van der Waals surface area (Å²) in [6.07, 6.45) is -2.50. The molecule has 2 aliphatic rings. The van der Waals surface area contributed by atoms with Gasteiger partial charge in [0.15, 0.2) is 5.82 Å². The van der Waals surface area contributed by atoms with Crippen LogP contribution in [-0.4, -0.2) is 81.1 Å². The summed E-state index contributed by atoms with van der Waals surface area (Å²) in [5.74, 6) is -0.379. The van der Waals surface area contributed by atoms with Crippen molar-refractivity contribution in [2.75, 3.05) is 43.4 Å². The minimum atomic E-state index is -1.34. The summed E-state index contributed by atoms with van der Waals surface area (Å²) in [5, 5.41) is 25.1. The number of hydrogen-bond donors (Lipinski definition) is 3. The molecule has 2 amide bonds. The van der Waals surface area contributed by atoms with Gasteiger partial charge < -0.3 is 25.3 Å². The average molecular weight is 414 g/mol. The largest absolute Gasteiger partial charge is 0.465 e. The van der Waals surface area contributed by atoms with E-state index in [2.05, 4.69) is 27.3 Å². The molecule has 2 aliphatic heterocycles. The van der Waals surface area contributed by atoms with E-state index >= 15 is 0 Å². The van der Waals surface area contributed by atoms with Crippen molar-refractivity contribution in [2.45, 2.75) is 13.1 Å². The summed E-state index contributed by atoms with van der Waals surface area (Å²) in [7, 11) is 2.09. The summed E-state index contributed by atoms with van der Waals surface area (Å²) in [6, 6.07) is 7.18. The lowest BCUT2D eigenvalue weighted by atomic mass is 10.1. The van der Waals surface area contributed by atoms with E-state index in [0.717, 1.165) is 36.8 Å². The number of amides is 2. The molecule has 158 valence electrons. The molecule has 11 nitrogen and oxygen atoms in total. The molecule has 1 aromatic heterocycles. The van der Waals surface area contributed by atoms with Crippen molar-refractivity contribution >= 4 is 29.6 Å². The van der Waals surface area contributed by atoms with Crippen molar-refractivity contribution in [3.8, 4) is 0 Å². The van der Waals surface area contributed by atoms with Crippen LogP contribution in [0.5, 0.6) is 0 Å². The molecule has 0 atom stereocenters. The van der Waals surface area contributed by atoms with Gasteiger partial charge in [-0.3, -0.25) is 9.69 Å². The number of carboxylic acid groups (broad SMARTS) is 2. The van der Waals surface area contributed by atoms with Crippen LogP contribution in [0.15, 0.2) is 24.3 Å². The Morgan fingerprint density at radius 1 is 0.967 bits per heavy atom. The molecule has 0 spiro atoms. The molecule has 0 aliphatic carbocycles. The lowest BCUT2D eigenvalue weighted by Crippen LogP contribution is -2.44. The molecule has 1 saturated heterocycles. The molecular formula is C19H22N6O5. The molecule has 30 heavy (non-hydrogen) atoms. The fourth-order valence-corrected chi connectivity index (χ4v) is 3.70. The molecule has 0 saturated carbocycles. The number of likely N-dealkylation sites (N-methyl/N-ethyl adjacent to an activating group) is 1. The van der Waals surface area contributed by atoms with Crippen LogP contribution in [0.1, 0.15) is 21.6 Å². The summed E-state index contributed by atoms with van der Waals surface area (Å²) < 4.78 is 0.713. The number of rotatable bonds is 3. The summed E-state index contributed by atoms with van der Waals surface area (Å²) in [5.41, 5.74) is 2.07. The number of nitrogens with one attached hydrogen (secondary N) is 1. The van der Waals surface area contributed by atoms with Crippen molar-refractivity contribution in [3.63, 3.8) is 0 Å². The van der Waals surface area contributed by atoms with Crippen molar-refractivity contribution < 1.29 is 24.6 Å². The van der Waals surface area contributed by atoms with Crippen LogP contribution in [0.2, 0.25) is 0 Å². The van der Waals surface area contributed by atoms with Gasteiger partial charge in [-0.15, -0.1) is 5.10 Å².